The lowest BCUT2D eigenvalue weighted by Crippen LogP contribution is -2.44. The van der Waals surface area contributed by atoms with Gasteiger partial charge in [-0.3, -0.25) is 9.59 Å². The van der Waals surface area contributed by atoms with Crippen LogP contribution < -0.4 is 0 Å². The summed E-state index contributed by atoms with van der Waals surface area (Å²) in [6, 6.07) is 7.68. The third-order valence-corrected chi connectivity index (χ3v) is 4.57. The van der Waals surface area contributed by atoms with Crippen LogP contribution in [0.2, 0.25) is 0 Å². The van der Waals surface area contributed by atoms with Crippen molar-refractivity contribution in [2.24, 2.45) is 0 Å². The fraction of sp³-hybridized carbons (Fsp3) is 0.412. The molecule has 118 valence electrons. The van der Waals surface area contributed by atoms with Crippen molar-refractivity contribution in [2.75, 3.05) is 13.7 Å². The van der Waals surface area contributed by atoms with E-state index < -0.39 is 0 Å². The first-order valence-electron chi connectivity index (χ1n) is 7.42. The Labute approximate surface area is 139 Å². The van der Waals surface area contributed by atoms with E-state index in [0.717, 1.165) is 29.3 Å². The molecule has 0 spiro atoms. The molecule has 0 radical (unpaired) electrons. The summed E-state index contributed by atoms with van der Waals surface area (Å²) in [4.78, 5) is 25.7. The predicted octanol–water partition coefficient (Wildman–Crippen LogP) is 3.41. The molecule has 1 fully saturated rings. The number of carbonyl (C=O) groups excluding carboxylic acids is 2. The maximum absolute atomic E-state index is 12.4. The molecule has 0 aromatic heterocycles. The monoisotopic (exact) mass is 365 g/mol. The molecular weight excluding hydrogens is 346 g/mol. The van der Waals surface area contributed by atoms with E-state index in [1.165, 1.54) is 7.11 Å². The van der Waals surface area contributed by atoms with Crippen molar-refractivity contribution in [3.05, 3.63) is 40.4 Å². The van der Waals surface area contributed by atoms with Crippen molar-refractivity contribution in [2.45, 2.75) is 31.7 Å². The van der Waals surface area contributed by atoms with Crippen molar-refractivity contribution >= 4 is 33.9 Å². The molecule has 0 aliphatic carbocycles. The second-order valence-electron chi connectivity index (χ2n) is 5.32. The lowest BCUT2D eigenvalue weighted by molar-refractivity contribution is -0.143. The first-order chi connectivity index (χ1) is 10.6. The number of likely N-dealkylation sites (tertiary alicyclic amines) is 1. The normalized spacial score (nSPS) is 18.5. The van der Waals surface area contributed by atoms with E-state index in [1.807, 2.05) is 24.3 Å². The van der Waals surface area contributed by atoms with E-state index in [1.54, 1.807) is 17.1 Å². The maximum atomic E-state index is 12.4. The molecule has 1 aromatic rings. The van der Waals surface area contributed by atoms with Gasteiger partial charge in [-0.1, -0.05) is 34.1 Å². The minimum Gasteiger partial charge on any atom is -0.469 e. The smallest absolute Gasteiger partial charge is 0.307 e. The van der Waals surface area contributed by atoms with E-state index in [4.69, 9.17) is 4.74 Å². The SMILES string of the molecule is COC(=O)CC1CCCCN1C(=O)C=Cc1ccccc1Br. The Hall–Kier alpha value is -1.62. The van der Waals surface area contributed by atoms with Crippen LogP contribution in [0, 0.1) is 0 Å². The van der Waals surface area contributed by atoms with Gasteiger partial charge in [0.1, 0.15) is 0 Å². The van der Waals surface area contributed by atoms with Gasteiger partial charge in [0.15, 0.2) is 0 Å². The first-order valence-corrected chi connectivity index (χ1v) is 8.21. The number of halogens is 1. The average Bonchev–Trinajstić information content (AvgIpc) is 2.54. The molecular formula is C17H20BrNO3. The molecule has 0 bridgehead atoms. The van der Waals surface area contributed by atoms with Crippen LogP contribution in [0.3, 0.4) is 0 Å². The molecule has 2 rings (SSSR count). The Bertz CT molecular complexity index is 571. The van der Waals surface area contributed by atoms with Crippen molar-refractivity contribution in [3.63, 3.8) is 0 Å². The van der Waals surface area contributed by atoms with E-state index in [2.05, 4.69) is 15.9 Å². The van der Waals surface area contributed by atoms with Crippen LogP contribution in [0.25, 0.3) is 6.08 Å². The van der Waals surface area contributed by atoms with E-state index in [9.17, 15) is 9.59 Å². The van der Waals surface area contributed by atoms with Gasteiger partial charge in [0.05, 0.1) is 13.5 Å². The number of piperidine rings is 1. The first kappa shape index (κ1) is 16.7. The zero-order valence-corrected chi connectivity index (χ0v) is 14.2. The summed E-state index contributed by atoms with van der Waals surface area (Å²) in [6.45, 7) is 0.695. The summed E-state index contributed by atoms with van der Waals surface area (Å²) < 4.78 is 5.67. The molecule has 4 nitrogen and oxygen atoms in total. The van der Waals surface area contributed by atoms with E-state index in [-0.39, 0.29) is 24.3 Å². The lowest BCUT2D eigenvalue weighted by atomic mass is 9.99. The fourth-order valence-corrected chi connectivity index (χ4v) is 3.06. The largest absolute Gasteiger partial charge is 0.469 e. The molecule has 0 saturated carbocycles. The summed E-state index contributed by atoms with van der Waals surface area (Å²) in [5.74, 6) is -0.316. The number of hydrogen-bond acceptors (Lipinski definition) is 3. The lowest BCUT2D eigenvalue weighted by Gasteiger charge is -2.34. The Morgan fingerprint density at radius 1 is 1.36 bits per heavy atom. The van der Waals surface area contributed by atoms with Crippen LogP contribution in [-0.4, -0.2) is 36.5 Å². The molecule has 1 amide bonds. The number of rotatable bonds is 4. The third kappa shape index (κ3) is 4.44. The fourth-order valence-electron chi connectivity index (χ4n) is 2.65. The highest BCUT2D eigenvalue weighted by Crippen LogP contribution is 2.22. The van der Waals surface area contributed by atoms with Gasteiger partial charge in [-0.25, -0.2) is 0 Å². The van der Waals surface area contributed by atoms with Gasteiger partial charge in [0.25, 0.3) is 0 Å². The summed E-state index contributed by atoms with van der Waals surface area (Å²) in [7, 11) is 1.38. The molecule has 1 aliphatic heterocycles. The summed E-state index contributed by atoms with van der Waals surface area (Å²) in [6.07, 6.45) is 6.52. The summed E-state index contributed by atoms with van der Waals surface area (Å²) in [5.41, 5.74) is 0.956. The molecule has 22 heavy (non-hydrogen) atoms. The van der Waals surface area contributed by atoms with Crippen molar-refractivity contribution in [1.82, 2.24) is 4.90 Å². The standard InChI is InChI=1S/C17H20BrNO3/c1-22-17(21)12-14-7-4-5-11-19(14)16(20)10-9-13-6-2-3-8-15(13)18/h2-3,6,8-10,14H,4-5,7,11-12H2,1H3. The summed E-state index contributed by atoms with van der Waals surface area (Å²) >= 11 is 3.46. The highest BCUT2D eigenvalue weighted by atomic mass is 79.9. The number of methoxy groups -OCH3 is 1. The van der Waals surface area contributed by atoms with Crippen molar-refractivity contribution in [3.8, 4) is 0 Å². The molecule has 1 aromatic carbocycles. The van der Waals surface area contributed by atoms with Crippen LogP contribution in [0.4, 0.5) is 0 Å². The highest BCUT2D eigenvalue weighted by Gasteiger charge is 2.27. The molecule has 1 saturated heterocycles. The number of benzene rings is 1. The van der Waals surface area contributed by atoms with Gasteiger partial charge in [0.2, 0.25) is 5.91 Å². The van der Waals surface area contributed by atoms with Crippen LogP contribution in [0.5, 0.6) is 0 Å². The third-order valence-electron chi connectivity index (χ3n) is 3.85. The van der Waals surface area contributed by atoms with Crippen molar-refractivity contribution in [1.29, 1.82) is 0 Å². The Morgan fingerprint density at radius 3 is 2.86 bits per heavy atom. The molecule has 5 heteroatoms. The number of esters is 1. The van der Waals surface area contributed by atoms with Gasteiger partial charge in [-0.15, -0.1) is 0 Å². The Morgan fingerprint density at radius 2 is 2.14 bits per heavy atom. The van der Waals surface area contributed by atoms with Gasteiger partial charge < -0.3 is 9.64 Å². The zero-order valence-electron chi connectivity index (χ0n) is 12.6. The van der Waals surface area contributed by atoms with Gasteiger partial charge in [0, 0.05) is 23.1 Å². The Kier molecular flexibility index (Phi) is 6.19. The van der Waals surface area contributed by atoms with E-state index >= 15 is 0 Å². The number of ether oxygens (including phenoxy) is 1. The van der Waals surface area contributed by atoms with Gasteiger partial charge in [-0.05, 0) is 37.0 Å². The zero-order chi connectivity index (χ0) is 15.9. The Balaban J connectivity index is 2.05. The predicted molar refractivity (Wildman–Crippen MR) is 89.2 cm³/mol. The topological polar surface area (TPSA) is 46.6 Å². The number of carbonyl (C=O) groups is 2. The average molecular weight is 366 g/mol. The van der Waals surface area contributed by atoms with Gasteiger partial charge in [-0.2, -0.15) is 0 Å². The van der Waals surface area contributed by atoms with Crippen LogP contribution in [-0.2, 0) is 14.3 Å². The van der Waals surface area contributed by atoms with Crippen LogP contribution in [0.1, 0.15) is 31.2 Å². The molecule has 1 atom stereocenters. The molecule has 1 unspecified atom stereocenters. The second kappa shape index (κ2) is 8.13. The number of nitrogens with zero attached hydrogens (tertiary/aromatic N) is 1. The number of amides is 1. The van der Waals surface area contributed by atoms with E-state index in [0.29, 0.717) is 6.54 Å². The highest BCUT2D eigenvalue weighted by molar-refractivity contribution is 9.10. The van der Waals surface area contributed by atoms with Crippen LogP contribution in [0.15, 0.2) is 34.8 Å². The maximum Gasteiger partial charge on any atom is 0.307 e. The minimum atomic E-state index is -0.264. The molecule has 1 heterocycles. The summed E-state index contributed by atoms with van der Waals surface area (Å²) in [5, 5.41) is 0. The quantitative estimate of drug-likeness (QED) is 0.606. The van der Waals surface area contributed by atoms with Crippen LogP contribution >= 0.6 is 15.9 Å². The van der Waals surface area contributed by atoms with Crippen molar-refractivity contribution < 1.29 is 14.3 Å². The second-order valence-corrected chi connectivity index (χ2v) is 6.17. The van der Waals surface area contributed by atoms with Gasteiger partial charge >= 0.3 is 5.97 Å². The number of hydrogen-bond donors (Lipinski definition) is 0. The molecule has 0 N–H and O–H groups in total. The molecule has 1 aliphatic rings. The minimum absolute atomic E-state index is 0.0515.